The van der Waals surface area contributed by atoms with Gasteiger partial charge in [0.25, 0.3) is 0 Å². The van der Waals surface area contributed by atoms with E-state index in [-0.39, 0.29) is 7.66 Å². The molecular formula is C21H23B2Br5N2O3. The number of nitrogens with zero attached hydrogens (tertiary/aromatic N) is 2. The van der Waals surface area contributed by atoms with Crippen LogP contribution in [0, 0.1) is 0 Å². The number of hydrogen-bond donors (Lipinski definition) is 3. The summed E-state index contributed by atoms with van der Waals surface area (Å²) in [4.78, 5) is 0. The van der Waals surface area contributed by atoms with E-state index in [2.05, 4.69) is 85.7 Å². The summed E-state index contributed by atoms with van der Waals surface area (Å²) in [5.41, 5.74) is 4.09. The molecule has 0 bridgehead atoms. The number of rotatable bonds is 4. The van der Waals surface area contributed by atoms with Crippen molar-refractivity contribution in [2.45, 2.75) is 26.6 Å². The molecule has 3 N–H and O–H groups in total. The summed E-state index contributed by atoms with van der Waals surface area (Å²) < 4.78 is 3.38. The first kappa shape index (κ1) is 29.2. The van der Waals surface area contributed by atoms with Gasteiger partial charge < -0.3 is 24.1 Å². The first-order valence-electron chi connectivity index (χ1n) is 9.93. The van der Waals surface area contributed by atoms with Crippen molar-refractivity contribution in [1.82, 2.24) is 8.96 Å². The molecule has 0 spiro atoms. The minimum Gasteiger partial charge on any atom is -0.432 e. The van der Waals surface area contributed by atoms with Crippen molar-refractivity contribution in [2.24, 2.45) is 0 Å². The summed E-state index contributed by atoms with van der Waals surface area (Å²) in [6.07, 6.45) is 3.78. The summed E-state index contributed by atoms with van der Waals surface area (Å²) in [5.74, 6) is 0. The topological polar surface area (TPSA) is 70.5 Å². The molecule has 2 aromatic heterocycles. The van der Waals surface area contributed by atoms with Crippen LogP contribution in [0.3, 0.4) is 0 Å². The molecule has 0 unspecified atom stereocenters. The Labute approximate surface area is 236 Å². The highest BCUT2D eigenvalue weighted by molar-refractivity contribution is 9.52. The van der Waals surface area contributed by atoms with E-state index >= 15 is 0 Å². The molecule has 0 saturated heterocycles. The van der Waals surface area contributed by atoms with E-state index in [1.807, 2.05) is 53.1 Å². The van der Waals surface area contributed by atoms with E-state index in [1.165, 1.54) is 10.9 Å². The zero-order valence-electron chi connectivity index (χ0n) is 18.0. The van der Waals surface area contributed by atoms with Crippen molar-refractivity contribution in [3.8, 4) is 0 Å². The Balaban J connectivity index is 0.000000195. The lowest BCUT2D eigenvalue weighted by Crippen LogP contribution is -2.18. The van der Waals surface area contributed by atoms with Crippen LogP contribution in [0.2, 0.25) is 13.6 Å². The zero-order chi connectivity index (χ0) is 24.8. The average molecular weight is 773 g/mol. The highest BCUT2D eigenvalue weighted by atomic mass is 80.0. The Bertz CT molecular complexity index is 1080. The van der Waals surface area contributed by atoms with Gasteiger partial charge in [-0.2, -0.15) is 0 Å². The fourth-order valence-corrected chi connectivity index (χ4v) is 3.85. The zero-order valence-corrected chi connectivity index (χ0v) is 25.9. The van der Waals surface area contributed by atoms with Crippen LogP contribution in [0.15, 0.2) is 60.9 Å². The predicted molar refractivity (Wildman–Crippen MR) is 159 cm³/mol. The number of aliphatic hydroxyl groups excluding tert-OH is 1. The van der Waals surface area contributed by atoms with Crippen molar-refractivity contribution in [1.29, 1.82) is 0 Å². The number of aromatic nitrogens is 2. The number of hydrogen-bond acceptors (Lipinski definition) is 3. The number of halogens is 5. The molecule has 5 nitrogen and oxygen atoms in total. The van der Waals surface area contributed by atoms with Gasteiger partial charge in [-0.1, -0.05) is 52.3 Å². The largest absolute Gasteiger partial charge is 0.432 e. The summed E-state index contributed by atoms with van der Waals surface area (Å²) in [5, 5.41) is 31.2. The van der Waals surface area contributed by atoms with E-state index in [0.717, 1.165) is 27.3 Å². The minimum absolute atomic E-state index is 0.000231. The number of para-hydroxylation sites is 2. The van der Waals surface area contributed by atoms with Crippen molar-refractivity contribution < 1.29 is 15.2 Å². The van der Waals surface area contributed by atoms with E-state index in [9.17, 15) is 10.0 Å². The van der Waals surface area contributed by atoms with E-state index in [0.29, 0.717) is 0 Å². The number of alkyl halides is 5. The van der Waals surface area contributed by atoms with Crippen LogP contribution < -0.4 is 0 Å². The lowest BCUT2D eigenvalue weighted by molar-refractivity contribution is 0.283. The molecule has 0 amide bonds. The summed E-state index contributed by atoms with van der Waals surface area (Å²) >= 11 is 15.9. The molecule has 0 atom stereocenters. The van der Waals surface area contributed by atoms with Gasteiger partial charge in [-0.05, 0) is 107 Å². The standard InChI is InChI=1S/C10H11BBrNO.C10H12BNO2.CBr4/c1-11(14)13-7-8(6-12)9-4-2-3-5-10(9)13;1-11(14)12-6-8(7-13)9-4-2-3-5-10(9)12;2-1(3,4)5/h2-5,7,14H,6H2,1H3;2-6,13-14H,7H2,1H3;. The summed E-state index contributed by atoms with van der Waals surface area (Å²) in [6, 6.07) is 15.8. The maximum atomic E-state index is 9.58. The molecule has 2 heterocycles. The number of aliphatic hydroxyl groups is 1. The highest BCUT2D eigenvalue weighted by Gasteiger charge is 2.14. The van der Waals surface area contributed by atoms with Crippen molar-refractivity contribution in [3.05, 3.63) is 72.1 Å². The molecule has 0 aliphatic heterocycles. The van der Waals surface area contributed by atoms with Crippen LogP contribution in [-0.4, -0.2) is 39.3 Å². The van der Waals surface area contributed by atoms with Crippen molar-refractivity contribution in [3.63, 3.8) is 0 Å². The third kappa shape index (κ3) is 8.52. The molecule has 0 aliphatic rings. The molecule has 4 aromatic rings. The summed E-state index contributed by atoms with van der Waals surface area (Å²) in [6.45, 7) is 3.47. The maximum absolute atomic E-state index is 9.58. The third-order valence-corrected chi connectivity index (χ3v) is 5.37. The molecule has 33 heavy (non-hydrogen) atoms. The Kier molecular flexibility index (Phi) is 11.8. The highest BCUT2D eigenvalue weighted by Crippen LogP contribution is 2.39. The third-order valence-electron chi connectivity index (χ3n) is 4.77. The van der Waals surface area contributed by atoms with Gasteiger partial charge >= 0.3 is 14.1 Å². The molecular weight excluding hydrogens is 749 g/mol. The van der Waals surface area contributed by atoms with Crippen LogP contribution in [0.4, 0.5) is 0 Å². The first-order chi connectivity index (χ1) is 15.5. The van der Waals surface area contributed by atoms with Gasteiger partial charge in [0.15, 0.2) is 1.05 Å². The molecule has 4 rings (SSSR count). The maximum Gasteiger partial charge on any atom is 0.413 e. The Hall–Kier alpha value is -0.0701. The second kappa shape index (κ2) is 13.3. The summed E-state index contributed by atoms with van der Waals surface area (Å²) in [7, 11) is -1.05. The van der Waals surface area contributed by atoms with Gasteiger partial charge in [-0.3, -0.25) is 0 Å². The van der Waals surface area contributed by atoms with Gasteiger partial charge in [0.2, 0.25) is 0 Å². The van der Waals surface area contributed by atoms with Crippen LogP contribution in [0.25, 0.3) is 21.8 Å². The normalized spacial score (nSPS) is 11.0. The van der Waals surface area contributed by atoms with Gasteiger partial charge in [0.1, 0.15) is 0 Å². The van der Waals surface area contributed by atoms with E-state index in [1.54, 1.807) is 24.3 Å². The number of fused-ring (bicyclic) bond motifs is 2. The van der Waals surface area contributed by atoms with Crippen LogP contribution in [-0.2, 0) is 11.9 Å². The molecule has 12 heteroatoms. The molecule has 2 aromatic carbocycles. The number of benzene rings is 2. The van der Waals surface area contributed by atoms with Gasteiger partial charge in [0, 0.05) is 32.7 Å². The monoisotopic (exact) mass is 768 g/mol. The smallest absolute Gasteiger partial charge is 0.413 e. The average Bonchev–Trinajstić information content (AvgIpc) is 3.32. The molecule has 0 radical (unpaired) electrons. The van der Waals surface area contributed by atoms with Gasteiger partial charge in [0.05, 0.1) is 6.61 Å². The van der Waals surface area contributed by atoms with Crippen molar-refractivity contribution >= 4 is 116 Å². The minimum atomic E-state index is -0.569. The van der Waals surface area contributed by atoms with Gasteiger partial charge in [-0.25, -0.2) is 0 Å². The quantitative estimate of drug-likeness (QED) is 0.159. The van der Waals surface area contributed by atoms with E-state index < -0.39 is 14.1 Å². The lowest BCUT2D eigenvalue weighted by atomic mass is 9.88. The molecule has 0 saturated carbocycles. The fraction of sp³-hybridized carbons (Fsp3) is 0.238. The van der Waals surface area contributed by atoms with Crippen molar-refractivity contribution in [2.75, 3.05) is 0 Å². The Morgan fingerprint density at radius 3 is 1.48 bits per heavy atom. The first-order valence-corrected chi connectivity index (χ1v) is 14.2. The molecule has 0 aliphatic carbocycles. The fourth-order valence-electron chi connectivity index (χ4n) is 3.41. The SMILES string of the molecule is BrC(Br)(Br)Br.CB(O)n1cc(CBr)c2ccccc21.CB(O)n1cc(CO)c2ccccc21. The molecule has 176 valence electrons. The Morgan fingerprint density at radius 2 is 1.12 bits per heavy atom. The second-order valence-electron chi connectivity index (χ2n) is 7.14. The Morgan fingerprint density at radius 1 is 0.758 bits per heavy atom. The van der Waals surface area contributed by atoms with E-state index in [4.69, 9.17) is 5.11 Å². The molecule has 0 fully saturated rings. The van der Waals surface area contributed by atoms with Crippen LogP contribution in [0.1, 0.15) is 11.1 Å². The predicted octanol–water partition coefficient (Wildman–Crippen LogP) is 6.76. The second-order valence-corrected chi connectivity index (χ2v) is 18.8. The van der Waals surface area contributed by atoms with Crippen LogP contribution >= 0.6 is 79.6 Å². The lowest BCUT2D eigenvalue weighted by Gasteiger charge is -2.03. The van der Waals surface area contributed by atoms with Crippen LogP contribution in [0.5, 0.6) is 0 Å². The van der Waals surface area contributed by atoms with Gasteiger partial charge in [-0.15, -0.1) is 0 Å².